The summed E-state index contributed by atoms with van der Waals surface area (Å²) in [7, 11) is 0. The first-order valence-electron chi connectivity index (χ1n) is 18.7. The van der Waals surface area contributed by atoms with Crippen LogP contribution in [0.1, 0.15) is 85.2 Å². The van der Waals surface area contributed by atoms with Gasteiger partial charge in [-0.3, -0.25) is 29.3 Å². The average molecular weight is 767 g/mol. The minimum Gasteiger partial charge on any atom is -0.494 e. The number of nitrogen functional groups attached to an aromatic ring is 1. The van der Waals surface area contributed by atoms with Gasteiger partial charge in [-0.2, -0.15) is 0 Å². The van der Waals surface area contributed by atoms with Crippen molar-refractivity contribution >= 4 is 46.4 Å². The van der Waals surface area contributed by atoms with Gasteiger partial charge in [0.25, 0.3) is 17.5 Å². The van der Waals surface area contributed by atoms with Gasteiger partial charge >= 0.3 is 0 Å². The number of nitro groups is 1. The van der Waals surface area contributed by atoms with Crippen molar-refractivity contribution in [3.63, 3.8) is 0 Å². The molecule has 14 nitrogen and oxygen atoms in total. The van der Waals surface area contributed by atoms with E-state index < -0.39 is 34.3 Å². The van der Waals surface area contributed by atoms with Gasteiger partial charge in [0.2, 0.25) is 11.8 Å². The standard InChI is InChI=1S/C42H50N6O8/c1-7-46(8-2)41(51)29-17-23-33(43)34(25-29)44-39(49)37(27-13-19-31(20-14-27)55-11-5)38(28-15-21-32(22-16-28)56-12-6)40(50)45-35-26-30(18-24-36(35)48(53)54)42(52)47(9-3)10-4/h13-26,37-38H,7-12,43H2,1-6H3,(H,44,49)(H,45,50). The summed E-state index contributed by atoms with van der Waals surface area (Å²) in [6, 6.07) is 21.7. The van der Waals surface area contributed by atoms with Gasteiger partial charge in [-0.15, -0.1) is 0 Å². The fourth-order valence-corrected chi connectivity index (χ4v) is 6.40. The molecule has 4 rings (SSSR count). The number of amides is 4. The largest absolute Gasteiger partial charge is 0.494 e. The first-order valence-corrected chi connectivity index (χ1v) is 18.7. The van der Waals surface area contributed by atoms with Crippen molar-refractivity contribution in [1.82, 2.24) is 9.80 Å². The second kappa shape index (κ2) is 19.8. The van der Waals surface area contributed by atoms with E-state index in [4.69, 9.17) is 15.2 Å². The number of hydrogen-bond donors (Lipinski definition) is 3. The lowest BCUT2D eigenvalue weighted by Gasteiger charge is -2.27. The number of nitrogens with zero attached hydrogens (tertiary/aromatic N) is 3. The second-order valence-corrected chi connectivity index (χ2v) is 12.7. The van der Waals surface area contributed by atoms with E-state index in [0.717, 1.165) is 0 Å². The Morgan fingerprint density at radius 1 is 0.625 bits per heavy atom. The molecule has 4 aromatic rings. The topological polar surface area (TPSA) is 186 Å². The van der Waals surface area contributed by atoms with Gasteiger partial charge in [-0.05, 0) is 107 Å². The molecule has 0 aliphatic heterocycles. The van der Waals surface area contributed by atoms with Crippen molar-refractivity contribution in [3.8, 4) is 11.5 Å². The van der Waals surface area contributed by atoms with Crippen LogP contribution in [0.2, 0.25) is 0 Å². The number of carbonyl (C=O) groups excluding carboxylic acids is 4. The van der Waals surface area contributed by atoms with Crippen LogP contribution in [0.3, 0.4) is 0 Å². The Labute approximate surface area is 327 Å². The molecule has 0 aliphatic rings. The molecule has 0 aromatic heterocycles. The molecule has 4 aromatic carbocycles. The van der Waals surface area contributed by atoms with Crippen LogP contribution in [-0.2, 0) is 9.59 Å². The van der Waals surface area contributed by atoms with Gasteiger partial charge in [0.1, 0.15) is 17.2 Å². The monoisotopic (exact) mass is 766 g/mol. The summed E-state index contributed by atoms with van der Waals surface area (Å²) in [4.78, 5) is 70.9. The van der Waals surface area contributed by atoms with E-state index in [-0.39, 0.29) is 34.4 Å². The Morgan fingerprint density at radius 2 is 1.02 bits per heavy atom. The third-order valence-corrected chi connectivity index (χ3v) is 9.36. The average Bonchev–Trinajstić information content (AvgIpc) is 3.19. The van der Waals surface area contributed by atoms with E-state index in [1.165, 1.54) is 30.3 Å². The molecule has 2 unspecified atom stereocenters. The van der Waals surface area contributed by atoms with Gasteiger partial charge in [0.05, 0.1) is 41.3 Å². The van der Waals surface area contributed by atoms with Gasteiger partial charge in [0.15, 0.2) is 0 Å². The van der Waals surface area contributed by atoms with Crippen LogP contribution in [0.5, 0.6) is 11.5 Å². The number of nitrogens with one attached hydrogen (secondary N) is 2. The summed E-state index contributed by atoms with van der Waals surface area (Å²) < 4.78 is 11.3. The van der Waals surface area contributed by atoms with Gasteiger partial charge in [-0.25, -0.2) is 0 Å². The molecule has 0 aliphatic carbocycles. The maximum Gasteiger partial charge on any atom is 0.292 e. The van der Waals surface area contributed by atoms with Crippen LogP contribution in [-0.4, -0.2) is 77.7 Å². The van der Waals surface area contributed by atoms with Crippen molar-refractivity contribution in [2.24, 2.45) is 0 Å². The van der Waals surface area contributed by atoms with Gasteiger partial charge in [0, 0.05) is 43.4 Å². The molecule has 296 valence electrons. The van der Waals surface area contributed by atoms with E-state index >= 15 is 0 Å². The number of benzene rings is 4. The number of hydrogen-bond acceptors (Lipinski definition) is 9. The molecule has 2 atom stereocenters. The van der Waals surface area contributed by atoms with E-state index in [1.54, 1.807) is 64.4 Å². The quantitative estimate of drug-likeness (QED) is 0.0540. The Morgan fingerprint density at radius 3 is 1.41 bits per heavy atom. The van der Waals surface area contributed by atoms with Crippen LogP contribution < -0.4 is 25.8 Å². The lowest BCUT2D eigenvalue weighted by Crippen LogP contribution is -2.34. The molecule has 4 amide bonds. The lowest BCUT2D eigenvalue weighted by atomic mass is 9.79. The molecule has 0 saturated carbocycles. The highest BCUT2D eigenvalue weighted by Crippen LogP contribution is 2.39. The predicted octanol–water partition coefficient (Wildman–Crippen LogP) is 7.08. The summed E-state index contributed by atoms with van der Waals surface area (Å²) >= 11 is 0. The van der Waals surface area contributed by atoms with Crippen LogP contribution in [0.25, 0.3) is 0 Å². The third-order valence-electron chi connectivity index (χ3n) is 9.36. The Bertz CT molecular complexity index is 2010. The van der Waals surface area contributed by atoms with Gasteiger partial charge in [-0.1, -0.05) is 24.3 Å². The second-order valence-electron chi connectivity index (χ2n) is 12.7. The summed E-state index contributed by atoms with van der Waals surface area (Å²) in [5, 5.41) is 17.8. The van der Waals surface area contributed by atoms with Crippen LogP contribution in [0.15, 0.2) is 84.9 Å². The first kappa shape index (κ1) is 42.3. The molecular weight excluding hydrogens is 716 g/mol. The highest BCUT2D eigenvalue weighted by atomic mass is 16.6. The number of rotatable bonds is 18. The number of carbonyl (C=O) groups is 4. The van der Waals surface area contributed by atoms with Gasteiger partial charge < -0.3 is 35.6 Å². The van der Waals surface area contributed by atoms with Crippen molar-refractivity contribution in [3.05, 3.63) is 117 Å². The summed E-state index contributed by atoms with van der Waals surface area (Å²) in [6.45, 7) is 13.6. The number of nitro benzene ring substituents is 1. The maximum absolute atomic E-state index is 14.8. The van der Waals surface area contributed by atoms with Crippen molar-refractivity contribution < 1.29 is 33.6 Å². The minimum absolute atomic E-state index is 0.141. The number of nitrogens with two attached hydrogens (primary N) is 1. The highest BCUT2D eigenvalue weighted by Gasteiger charge is 2.38. The fraction of sp³-hybridized carbons (Fsp3) is 0.333. The molecule has 56 heavy (non-hydrogen) atoms. The molecule has 0 radical (unpaired) electrons. The molecule has 14 heteroatoms. The zero-order chi connectivity index (χ0) is 40.9. The molecule has 0 spiro atoms. The third kappa shape index (κ3) is 10.00. The van der Waals surface area contributed by atoms with Crippen LogP contribution in [0, 0.1) is 10.1 Å². The lowest BCUT2D eigenvalue weighted by molar-refractivity contribution is -0.383. The smallest absolute Gasteiger partial charge is 0.292 e. The van der Waals surface area contributed by atoms with E-state index in [1.807, 2.05) is 41.5 Å². The van der Waals surface area contributed by atoms with E-state index in [9.17, 15) is 29.3 Å². The molecule has 0 bridgehead atoms. The zero-order valence-corrected chi connectivity index (χ0v) is 32.7. The Hall–Kier alpha value is -6.44. The Balaban J connectivity index is 1.89. The minimum atomic E-state index is -1.31. The highest BCUT2D eigenvalue weighted by molar-refractivity contribution is 6.07. The van der Waals surface area contributed by atoms with Crippen molar-refractivity contribution in [2.75, 3.05) is 55.8 Å². The molecule has 4 N–H and O–H groups in total. The normalized spacial score (nSPS) is 11.8. The summed E-state index contributed by atoms with van der Waals surface area (Å²) in [5.74, 6) is -3.55. The van der Waals surface area contributed by atoms with Crippen molar-refractivity contribution in [1.29, 1.82) is 0 Å². The fourth-order valence-electron chi connectivity index (χ4n) is 6.40. The molecular formula is C42H50N6O8. The predicted molar refractivity (Wildman–Crippen MR) is 216 cm³/mol. The van der Waals surface area contributed by atoms with Crippen molar-refractivity contribution in [2.45, 2.75) is 53.4 Å². The Kier molecular flexibility index (Phi) is 14.9. The molecule has 0 heterocycles. The summed E-state index contributed by atoms with van der Waals surface area (Å²) in [6.07, 6.45) is 0. The van der Waals surface area contributed by atoms with E-state index in [0.29, 0.717) is 67.6 Å². The molecule has 0 fully saturated rings. The van der Waals surface area contributed by atoms with Crippen LogP contribution in [0.4, 0.5) is 22.7 Å². The summed E-state index contributed by atoms with van der Waals surface area (Å²) in [5.41, 5.74) is 7.28. The SMILES string of the molecule is CCOc1ccc(C(C(=O)Nc2cc(C(=O)N(CC)CC)ccc2N)C(C(=O)Nc2cc(C(=O)N(CC)CC)ccc2[N+](=O)[O-])c2ccc(OCC)cc2)cc1. The maximum atomic E-state index is 14.8. The molecule has 0 saturated heterocycles. The van der Waals surface area contributed by atoms with E-state index in [2.05, 4.69) is 10.6 Å². The number of anilines is 3. The van der Waals surface area contributed by atoms with Crippen LogP contribution >= 0.6 is 0 Å². The zero-order valence-electron chi connectivity index (χ0n) is 32.7. The first-order chi connectivity index (χ1) is 26.9. The number of ether oxygens (including phenoxy) is 2.